The van der Waals surface area contributed by atoms with Crippen LogP contribution in [0.5, 0.6) is 11.6 Å². The summed E-state index contributed by atoms with van der Waals surface area (Å²) < 4.78 is 44.0. The number of aliphatic hydroxyl groups excluding tert-OH is 1. The number of ether oxygens (including phenoxy) is 1. The third kappa shape index (κ3) is 4.72. The van der Waals surface area contributed by atoms with Gasteiger partial charge < -0.3 is 15.6 Å². The van der Waals surface area contributed by atoms with Crippen molar-refractivity contribution in [3.05, 3.63) is 60.3 Å². The molecule has 1 amide bonds. The molecule has 0 aliphatic heterocycles. The SMILES string of the molecule is N=C(/C=C(\N)C(F)(F)F)NC(=O)n1ccc2cc(Oc3cc(CO)ncn3)ccc21. The second kappa shape index (κ2) is 8.21. The Kier molecular flexibility index (Phi) is 5.69. The molecule has 9 nitrogen and oxygen atoms in total. The van der Waals surface area contributed by atoms with Crippen LogP contribution in [-0.2, 0) is 6.61 Å². The second-order valence-corrected chi connectivity index (χ2v) is 5.96. The minimum Gasteiger partial charge on any atom is -0.439 e. The van der Waals surface area contributed by atoms with Gasteiger partial charge in [0.15, 0.2) is 0 Å². The summed E-state index contributed by atoms with van der Waals surface area (Å²) in [6.45, 7) is -0.269. The monoisotopic (exact) mass is 420 g/mol. The summed E-state index contributed by atoms with van der Waals surface area (Å²) in [5.74, 6) is -0.190. The molecule has 0 unspecified atom stereocenters. The number of amidine groups is 1. The van der Waals surface area contributed by atoms with Gasteiger partial charge in [0.25, 0.3) is 0 Å². The van der Waals surface area contributed by atoms with Crippen molar-refractivity contribution >= 4 is 22.8 Å². The van der Waals surface area contributed by atoms with Gasteiger partial charge in [-0.25, -0.2) is 14.8 Å². The van der Waals surface area contributed by atoms with Crippen LogP contribution >= 0.6 is 0 Å². The number of carbonyl (C=O) groups is 1. The number of alkyl halides is 3. The molecular formula is C18H15F3N6O3. The number of allylic oxidation sites excluding steroid dienone is 1. The molecule has 0 saturated carbocycles. The van der Waals surface area contributed by atoms with Crippen molar-refractivity contribution in [3.8, 4) is 11.6 Å². The Labute approximate surface area is 167 Å². The summed E-state index contributed by atoms with van der Waals surface area (Å²) in [4.78, 5) is 20.1. The van der Waals surface area contributed by atoms with Gasteiger partial charge in [0, 0.05) is 23.7 Å². The van der Waals surface area contributed by atoms with E-state index in [1.807, 2.05) is 5.32 Å². The summed E-state index contributed by atoms with van der Waals surface area (Å²) in [5, 5.41) is 19.2. The molecule has 3 rings (SSSR count). The van der Waals surface area contributed by atoms with Gasteiger partial charge in [-0.2, -0.15) is 13.2 Å². The topological polar surface area (TPSA) is 139 Å². The number of rotatable bonds is 4. The van der Waals surface area contributed by atoms with E-state index in [0.717, 1.165) is 4.57 Å². The maximum absolute atomic E-state index is 12.4. The molecular weight excluding hydrogens is 405 g/mol. The van der Waals surface area contributed by atoms with E-state index in [-0.39, 0.29) is 12.5 Å². The van der Waals surface area contributed by atoms with Crippen LogP contribution in [0.15, 0.2) is 54.6 Å². The Bertz CT molecular complexity index is 1140. The number of fused-ring (bicyclic) bond motifs is 1. The Morgan fingerprint density at radius 2 is 2.07 bits per heavy atom. The van der Waals surface area contributed by atoms with E-state index in [2.05, 4.69) is 9.97 Å². The Hall–Kier alpha value is -3.93. The van der Waals surface area contributed by atoms with Gasteiger partial charge in [-0.05, 0) is 24.3 Å². The number of hydrogen-bond acceptors (Lipinski definition) is 7. The van der Waals surface area contributed by atoms with Gasteiger partial charge in [0.2, 0.25) is 5.88 Å². The van der Waals surface area contributed by atoms with E-state index in [1.54, 1.807) is 24.3 Å². The van der Waals surface area contributed by atoms with Crippen molar-refractivity contribution < 1.29 is 27.8 Å². The molecule has 3 aromatic rings. The van der Waals surface area contributed by atoms with Crippen LogP contribution in [0.1, 0.15) is 5.69 Å². The normalized spacial score (nSPS) is 12.1. The lowest BCUT2D eigenvalue weighted by atomic mass is 10.2. The average molecular weight is 420 g/mol. The van der Waals surface area contributed by atoms with E-state index < -0.39 is 23.7 Å². The fourth-order valence-electron chi connectivity index (χ4n) is 2.45. The first-order valence-corrected chi connectivity index (χ1v) is 8.32. The van der Waals surface area contributed by atoms with Gasteiger partial charge in [0.05, 0.1) is 17.8 Å². The van der Waals surface area contributed by atoms with Crippen LogP contribution in [-0.4, -0.2) is 37.7 Å². The van der Waals surface area contributed by atoms with Crippen LogP contribution in [0.25, 0.3) is 10.9 Å². The number of nitrogens with two attached hydrogens (primary N) is 1. The molecule has 0 saturated heterocycles. The lowest BCUT2D eigenvalue weighted by molar-refractivity contribution is -0.0925. The molecule has 0 radical (unpaired) electrons. The molecule has 0 atom stereocenters. The fourth-order valence-corrected chi connectivity index (χ4v) is 2.45. The molecule has 0 bridgehead atoms. The molecule has 30 heavy (non-hydrogen) atoms. The standard InChI is InChI=1S/C18H15F3N6O3/c19-18(20,21)14(22)7-15(23)26-17(29)27-4-3-10-5-12(1-2-13(10)27)30-16-6-11(8-28)24-9-25-16/h1-7,9,28H,8,22H2,(H2,23,26,29)/b14-7-. The third-order valence-electron chi connectivity index (χ3n) is 3.83. The van der Waals surface area contributed by atoms with Crippen LogP contribution in [0, 0.1) is 5.41 Å². The molecule has 2 aromatic heterocycles. The van der Waals surface area contributed by atoms with Crippen LogP contribution < -0.4 is 15.8 Å². The van der Waals surface area contributed by atoms with E-state index in [4.69, 9.17) is 21.0 Å². The Balaban J connectivity index is 1.77. The molecule has 0 aliphatic carbocycles. The second-order valence-electron chi connectivity index (χ2n) is 5.96. The average Bonchev–Trinajstić information content (AvgIpc) is 3.10. The maximum Gasteiger partial charge on any atom is 0.430 e. The summed E-state index contributed by atoms with van der Waals surface area (Å²) in [6, 6.07) is 6.95. The predicted molar refractivity (Wildman–Crippen MR) is 99.9 cm³/mol. The number of carbonyl (C=O) groups excluding carboxylic acids is 1. The summed E-state index contributed by atoms with van der Waals surface area (Å²) in [5.41, 5.74) is 4.15. The molecule has 5 N–H and O–H groups in total. The zero-order valence-corrected chi connectivity index (χ0v) is 15.1. The zero-order chi connectivity index (χ0) is 21.9. The van der Waals surface area contributed by atoms with Crippen molar-refractivity contribution in [2.45, 2.75) is 12.8 Å². The van der Waals surface area contributed by atoms with Crippen molar-refractivity contribution in [1.29, 1.82) is 5.41 Å². The smallest absolute Gasteiger partial charge is 0.430 e. The number of hydrogen-bond donors (Lipinski definition) is 4. The summed E-state index contributed by atoms with van der Waals surface area (Å²) in [6.07, 6.45) is -1.84. The van der Waals surface area contributed by atoms with Gasteiger partial charge in [-0.1, -0.05) is 0 Å². The lowest BCUT2D eigenvalue weighted by Crippen LogP contribution is -2.33. The number of amides is 1. The number of aliphatic hydroxyl groups is 1. The van der Waals surface area contributed by atoms with Crippen LogP contribution in [0.3, 0.4) is 0 Å². The zero-order valence-electron chi connectivity index (χ0n) is 15.1. The summed E-state index contributed by atoms with van der Waals surface area (Å²) >= 11 is 0. The first kappa shape index (κ1) is 20.8. The highest BCUT2D eigenvalue weighted by molar-refractivity contribution is 6.05. The summed E-state index contributed by atoms with van der Waals surface area (Å²) in [7, 11) is 0. The minimum absolute atomic E-state index is 0.216. The molecule has 0 spiro atoms. The first-order chi connectivity index (χ1) is 14.2. The van der Waals surface area contributed by atoms with Gasteiger partial charge in [0.1, 0.15) is 23.6 Å². The Morgan fingerprint density at radius 1 is 1.30 bits per heavy atom. The van der Waals surface area contributed by atoms with Crippen molar-refractivity contribution in [2.75, 3.05) is 0 Å². The highest BCUT2D eigenvalue weighted by atomic mass is 19.4. The van der Waals surface area contributed by atoms with E-state index in [0.29, 0.717) is 28.4 Å². The Morgan fingerprint density at radius 3 is 2.77 bits per heavy atom. The predicted octanol–water partition coefficient (Wildman–Crippen LogP) is 2.66. The first-order valence-electron chi connectivity index (χ1n) is 8.32. The molecule has 2 heterocycles. The lowest BCUT2D eigenvalue weighted by Gasteiger charge is -2.09. The van der Waals surface area contributed by atoms with E-state index in [9.17, 15) is 18.0 Å². The quantitative estimate of drug-likeness (QED) is 0.378. The minimum atomic E-state index is -4.80. The number of nitrogens with one attached hydrogen (secondary N) is 2. The van der Waals surface area contributed by atoms with Gasteiger partial charge in [-0.3, -0.25) is 15.3 Å². The number of nitrogens with zero attached hydrogens (tertiary/aromatic N) is 3. The largest absolute Gasteiger partial charge is 0.439 e. The molecule has 1 aromatic carbocycles. The highest BCUT2D eigenvalue weighted by Crippen LogP contribution is 2.25. The fraction of sp³-hybridized carbons (Fsp3) is 0.111. The maximum atomic E-state index is 12.4. The van der Waals surface area contributed by atoms with Gasteiger partial charge in [-0.15, -0.1) is 0 Å². The molecule has 156 valence electrons. The van der Waals surface area contributed by atoms with Crippen molar-refractivity contribution in [1.82, 2.24) is 19.9 Å². The number of halogens is 3. The van der Waals surface area contributed by atoms with Crippen molar-refractivity contribution in [3.63, 3.8) is 0 Å². The number of benzene rings is 1. The van der Waals surface area contributed by atoms with E-state index in [1.165, 1.54) is 18.6 Å². The number of aromatic nitrogens is 3. The molecule has 0 fully saturated rings. The van der Waals surface area contributed by atoms with Gasteiger partial charge >= 0.3 is 12.2 Å². The molecule has 0 aliphatic rings. The van der Waals surface area contributed by atoms with E-state index >= 15 is 0 Å². The highest BCUT2D eigenvalue weighted by Gasteiger charge is 2.31. The van der Waals surface area contributed by atoms with Crippen LogP contribution in [0.2, 0.25) is 0 Å². The van der Waals surface area contributed by atoms with Crippen LogP contribution in [0.4, 0.5) is 18.0 Å². The molecule has 12 heteroatoms. The van der Waals surface area contributed by atoms with Crippen molar-refractivity contribution in [2.24, 2.45) is 5.73 Å². The third-order valence-corrected chi connectivity index (χ3v) is 3.83.